The number of nitrogens with one attached hydrogen (secondary N) is 1. The third-order valence-corrected chi connectivity index (χ3v) is 3.19. The minimum absolute atomic E-state index is 0.319. The van der Waals surface area contributed by atoms with Crippen molar-refractivity contribution in [1.82, 2.24) is 0 Å². The summed E-state index contributed by atoms with van der Waals surface area (Å²) in [5, 5.41) is 3.31. The van der Waals surface area contributed by atoms with E-state index in [1.54, 1.807) is 7.11 Å². The molecule has 2 aromatic rings. The molecule has 4 nitrogen and oxygen atoms in total. The van der Waals surface area contributed by atoms with Crippen LogP contribution < -0.4 is 15.8 Å². The van der Waals surface area contributed by atoms with Crippen molar-refractivity contribution in [2.45, 2.75) is 6.54 Å². The first-order valence-electron chi connectivity index (χ1n) is 6.56. The zero-order chi connectivity index (χ0) is 15.2. The lowest BCUT2D eigenvalue weighted by atomic mass is 10.1. The topological polar surface area (TPSA) is 64.4 Å². The standard InChI is InChI=1S/C17H18N2O2/c1-12(17(18)20)14-9-7-13(8-10-14)11-19-15-5-3-4-6-16(15)21-2/h3-10,19H,1,11H2,2H3,(H2,18,20). The predicted octanol–water partition coefficient (Wildman–Crippen LogP) is 2.81. The number of ether oxygens (including phenoxy) is 1. The molecule has 1 amide bonds. The van der Waals surface area contributed by atoms with Gasteiger partial charge in [0.05, 0.1) is 12.8 Å². The summed E-state index contributed by atoms with van der Waals surface area (Å²) in [5.74, 6) is 0.297. The highest BCUT2D eigenvalue weighted by molar-refractivity contribution is 6.17. The fraction of sp³-hybridized carbons (Fsp3) is 0.118. The molecular weight excluding hydrogens is 264 g/mol. The summed E-state index contributed by atoms with van der Waals surface area (Å²) in [4.78, 5) is 11.1. The van der Waals surface area contributed by atoms with E-state index in [1.807, 2.05) is 48.5 Å². The molecule has 108 valence electrons. The summed E-state index contributed by atoms with van der Waals surface area (Å²) in [5.41, 5.74) is 8.29. The monoisotopic (exact) mass is 282 g/mol. The van der Waals surface area contributed by atoms with Gasteiger partial charge in [0.1, 0.15) is 5.75 Å². The van der Waals surface area contributed by atoms with Crippen molar-refractivity contribution in [3.63, 3.8) is 0 Å². The third kappa shape index (κ3) is 3.63. The number of methoxy groups -OCH3 is 1. The summed E-state index contributed by atoms with van der Waals surface area (Å²) in [7, 11) is 1.64. The zero-order valence-electron chi connectivity index (χ0n) is 11.9. The van der Waals surface area contributed by atoms with Gasteiger partial charge in [-0.1, -0.05) is 43.0 Å². The molecule has 0 bridgehead atoms. The molecule has 0 fully saturated rings. The van der Waals surface area contributed by atoms with E-state index in [2.05, 4.69) is 11.9 Å². The van der Waals surface area contributed by atoms with Gasteiger partial charge in [0, 0.05) is 12.1 Å². The van der Waals surface area contributed by atoms with Gasteiger partial charge >= 0.3 is 0 Å². The lowest BCUT2D eigenvalue weighted by molar-refractivity contribution is -0.112. The van der Waals surface area contributed by atoms with E-state index in [-0.39, 0.29) is 0 Å². The number of para-hydroxylation sites is 2. The van der Waals surface area contributed by atoms with Gasteiger partial charge < -0.3 is 15.8 Å². The number of carbonyl (C=O) groups is 1. The summed E-state index contributed by atoms with van der Waals surface area (Å²) < 4.78 is 5.29. The molecule has 21 heavy (non-hydrogen) atoms. The fourth-order valence-electron chi connectivity index (χ4n) is 1.95. The number of carbonyl (C=O) groups excluding carboxylic acids is 1. The van der Waals surface area contributed by atoms with E-state index in [0.29, 0.717) is 12.1 Å². The Labute approximate surface area is 124 Å². The maximum absolute atomic E-state index is 11.1. The van der Waals surface area contributed by atoms with Crippen molar-refractivity contribution in [2.75, 3.05) is 12.4 Å². The minimum atomic E-state index is -0.505. The van der Waals surface area contributed by atoms with Crippen LogP contribution >= 0.6 is 0 Å². The molecule has 0 unspecified atom stereocenters. The molecule has 0 saturated carbocycles. The first-order valence-corrected chi connectivity index (χ1v) is 6.56. The average molecular weight is 282 g/mol. The Kier molecular flexibility index (Phi) is 4.61. The second-order valence-electron chi connectivity index (χ2n) is 4.59. The molecule has 0 aromatic heterocycles. The van der Waals surface area contributed by atoms with E-state index in [9.17, 15) is 4.79 Å². The van der Waals surface area contributed by atoms with Gasteiger partial charge in [-0.05, 0) is 23.3 Å². The van der Waals surface area contributed by atoms with Crippen LogP contribution in [0.15, 0.2) is 55.1 Å². The quantitative estimate of drug-likeness (QED) is 0.801. The Hall–Kier alpha value is -2.75. The first-order chi connectivity index (χ1) is 10.1. The van der Waals surface area contributed by atoms with Crippen LogP contribution in [0.4, 0.5) is 5.69 Å². The molecular formula is C17H18N2O2. The minimum Gasteiger partial charge on any atom is -0.495 e. The zero-order valence-corrected chi connectivity index (χ0v) is 11.9. The van der Waals surface area contributed by atoms with Gasteiger partial charge in [0.15, 0.2) is 0 Å². The normalized spacial score (nSPS) is 9.95. The molecule has 0 heterocycles. The van der Waals surface area contributed by atoms with Crippen molar-refractivity contribution in [1.29, 1.82) is 0 Å². The maximum Gasteiger partial charge on any atom is 0.248 e. The van der Waals surface area contributed by atoms with Crippen LogP contribution in [0.1, 0.15) is 11.1 Å². The summed E-state index contributed by atoms with van der Waals surface area (Å²) in [6, 6.07) is 15.3. The average Bonchev–Trinajstić information content (AvgIpc) is 2.52. The van der Waals surface area contributed by atoms with Crippen LogP contribution in [0.5, 0.6) is 5.75 Å². The van der Waals surface area contributed by atoms with Crippen molar-refractivity contribution < 1.29 is 9.53 Å². The molecule has 0 aliphatic heterocycles. The summed E-state index contributed by atoms with van der Waals surface area (Å²) in [6.07, 6.45) is 0. The molecule has 0 aliphatic rings. The number of hydrogen-bond donors (Lipinski definition) is 2. The second-order valence-corrected chi connectivity index (χ2v) is 4.59. The second kappa shape index (κ2) is 6.61. The van der Waals surface area contributed by atoms with E-state index < -0.39 is 5.91 Å². The number of anilines is 1. The highest BCUT2D eigenvalue weighted by atomic mass is 16.5. The van der Waals surface area contributed by atoms with E-state index >= 15 is 0 Å². The van der Waals surface area contributed by atoms with Crippen LogP contribution in [0.25, 0.3) is 5.57 Å². The highest BCUT2D eigenvalue weighted by Gasteiger charge is 2.05. The first kappa shape index (κ1) is 14.7. The van der Waals surface area contributed by atoms with E-state index in [1.165, 1.54) is 0 Å². The molecule has 2 aromatic carbocycles. The number of benzene rings is 2. The van der Waals surface area contributed by atoms with Crippen LogP contribution in [0, 0.1) is 0 Å². The maximum atomic E-state index is 11.1. The Morgan fingerprint density at radius 2 is 1.86 bits per heavy atom. The molecule has 3 N–H and O–H groups in total. The molecule has 2 rings (SSSR count). The largest absolute Gasteiger partial charge is 0.495 e. The van der Waals surface area contributed by atoms with Gasteiger partial charge in [-0.3, -0.25) is 4.79 Å². The SMILES string of the molecule is C=C(C(N)=O)c1ccc(CNc2ccccc2OC)cc1. The Bertz CT molecular complexity index is 648. The molecule has 4 heteroatoms. The van der Waals surface area contributed by atoms with Crippen molar-refractivity contribution in [3.8, 4) is 5.75 Å². The van der Waals surface area contributed by atoms with Gasteiger partial charge in [-0.2, -0.15) is 0 Å². The number of nitrogens with two attached hydrogens (primary N) is 1. The fourth-order valence-corrected chi connectivity index (χ4v) is 1.95. The van der Waals surface area contributed by atoms with Crippen molar-refractivity contribution >= 4 is 17.2 Å². The van der Waals surface area contributed by atoms with Gasteiger partial charge in [0.2, 0.25) is 5.91 Å². The number of hydrogen-bond acceptors (Lipinski definition) is 3. The van der Waals surface area contributed by atoms with E-state index in [4.69, 9.17) is 10.5 Å². The highest BCUT2D eigenvalue weighted by Crippen LogP contribution is 2.23. The van der Waals surface area contributed by atoms with Gasteiger partial charge in [-0.15, -0.1) is 0 Å². The number of rotatable bonds is 6. The summed E-state index contributed by atoms with van der Waals surface area (Å²) in [6.45, 7) is 4.32. The number of amides is 1. The van der Waals surface area contributed by atoms with Crippen LogP contribution in [-0.2, 0) is 11.3 Å². The Morgan fingerprint density at radius 3 is 2.48 bits per heavy atom. The van der Waals surface area contributed by atoms with Crippen LogP contribution in [-0.4, -0.2) is 13.0 Å². The van der Waals surface area contributed by atoms with E-state index in [0.717, 1.165) is 22.6 Å². The predicted molar refractivity (Wildman–Crippen MR) is 85.0 cm³/mol. The van der Waals surface area contributed by atoms with Crippen molar-refractivity contribution in [2.24, 2.45) is 5.73 Å². The summed E-state index contributed by atoms with van der Waals surface area (Å²) >= 11 is 0. The lowest BCUT2D eigenvalue weighted by Crippen LogP contribution is -2.12. The molecule has 0 aliphatic carbocycles. The lowest BCUT2D eigenvalue weighted by Gasteiger charge is -2.11. The van der Waals surface area contributed by atoms with Crippen LogP contribution in [0.2, 0.25) is 0 Å². The number of primary amides is 1. The smallest absolute Gasteiger partial charge is 0.248 e. The molecule has 0 atom stereocenters. The molecule has 0 radical (unpaired) electrons. The van der Waals surface area contributed by atoms with Crippen LogP contribution in [0.3, 0.4) is 0 Å². The Balaban J connectivity index is 2.04. The molecule has 0 spiro atoms. The molecule has 0 saturated heterocycles. The van der Waals surface area contributed by atoms with Gasteiger partial charge in [-0.25, -0.2) is 0 Å². The third-order valence-electron chi connectivity index (χ3n) is 3.19. The van der Waals surface area contributed by atoms with Gasteiger partial charge in [0.25, 0.3) is 0 Å². The Morgan fingerprint density at radius 1 is 1.19 bits per heavy atom. The van der Waals surface area contributed by atoms with Crippen molar-refractivity contribution in [3.05, 3.63) is 66.2 Å².